The zero-order chi connectivity index (χ0) is 17.1. The molecule has 1 aliphatic carbocycles. The van der Waals surface area contributed by atoms with Crippen LogP contribution in [0.3, 0.4) is 0 Å². The molecule has 1 aromatic heterocycles. The van der Waals surface area contributed by atoms with E-state index in [9.17, 15) is 4.79 Å². The summed E-state index contributed by atoms with van der Waals surface area (Å²) >= 11 is 1.51. The number of rotatable bonds is 2. The Morgan fingerprint density at radius 3 is 2.44 bits per heavy atom. The molecule has 1 saturated carbocycles. The average molecular weight is 356 g/mol. The van der Waals surface area contributed by atoms with E-state index in [1.54, 1.807) is 0 Å². The number of urea groups is 1. The number of aromatic nitrogens is 1. The maximum absolute atomic E-state index is 12.3. The fourth-order valence-electron chi connectivity index (χ4n) is 3.95. The number of amides is 2. The van der Waals surface area contributed by atoms with Gasteiger partial charge in [0, 0.05) is 30.4 Å². The van der Waals surface area contributed by atoms with Crippen molar-refractivity contribution in [2.75, 3.05) is 13.1 Å². The van der Waals surface area contributed by atoms with E-state index in [0.29, 0.717) is 0 Å². The minimum Gasteiger partial charge on any atom is -0.323 e. The van der Waals surface area contributed by atoms with Crippen LogP contribution in [0.25, 0.3) is 5.69 Å². The van der Waals surface area contributed by atoms with Gasteiger partial charge in [-0.05, 0) is 49.3 Å². The molecule has 2 amide bonds. The number of thiazole rings is 1. The van der Waals surface area contributed by atoms with Crippen molar-refractivity contribution in [1.82, 2.24) is 9.47 Å². The van der Waals surface area contributed by atoms with E-state index < -0.39 is 0 Å². The fourth-order valence-corrected chi connectivity index (χ4v) is 4.67. The topological polar surface area (TPSA) is 37.6 Å². The van der Waals surface area contributed by atoms with Gasteiger partial charge >= 0.3 is 6.03 Å². The monoisotopic (exact) mass is 355 g/mol. The Bertz CT molecular complexity index is 778. The average Bonchev–Trinajstić information content (AvgIpc) is 3.35. The number of carbonyl (C=O) groups is 1. The fraction of sp³-hybridized carbons (Fsp3) is 0.500. The van der Waals surface area contributed by atoms with E-state index in [4.69, 9.17) is 0 Å². The summed E-state index contributed by atoms with van der Waals surface area (Å²) in [7, 11) is 0. The number of benzene rings is 1. The largest absolute Gasteiger partial charge is 0.346 e. The SMILES string of the molecule is O=C(N=c1sccn1-c1ccc(C2CCCCC2)cc1)N1CCCC1. The third kappa shape index (κ3) is 3.71. The minimum absolute atomic E-state index is 0.104. The van der Waals surface area contributed by atoms with E-state index in [1.165, 1.54) is 49.0 Å². The second-order valence-electron chi connectivity index (χ2n) is 7.07. The molecule has 2 heterocycles. The Morgan fingerprint density at radius 2 is 1.72 bits per heavy atom. The summed E-state index contributed by atoms with van der Waals surface area (Å²) in [5, 5.41) is 1.99. The summed E-state index contributed by atoms with van der Waals surface area (Å²) in [5.41, 5.74) is 2.53. The van der Waals surface area contributed by atoms with Crippen LogP contribution in [-0.4, -0.2) is 28.6 Å². The van der Waals surface area contributed by atoms with Crippen molar-refractivity contribution >= 4 is 17.4 Å². The van der Waals surface area contributed by atoms with Gasteiger partial charge in [-0.2, -0.15) is 4.99 Å². The number of nitrogens with zero attached hydrogens (tertiary/aromatic N) is 3. The molecule has 132 valence electrons. The molecule has 25 heavy (non-hydrogen) atoms. The van der Waals surface area contributed by atoms with E-state index >= 15 is 0 Å². The molecule has 2 aliphatic rings. The van der Waals surface area contributed by atoms with Gasteiger partial charge in [0.2, 0.25) is 0 Å². The van der Waals surface area contributed by atoms with Crippen LogP contribution in [0.1, 0.15) is 56.4 Å². The summed E-state index contributed by atoms with van der Waals surface area (Å²) in [4.78, 5) is 19.3. The highest BCUT2D eigenvalue weighted by molar-refractivity contribution is 7.07. The van der Waals surface area contributed by atoms with Gasteiger partial charge in [-0.25, -0.2) is 4.79 Å². The van der Waals surface area contributed by atoms with Crippen molar-refractivity contribution in [3.63, 3.8) is 0 Å². The molecule has 1 saturated heterocycles. The highest BCUT2D eigenvalue weighted by atomic mass is 32.1. The molecule has 2 aromatic rings. The van der Waals surface area contributed by atoms with Crippen LogP contribution in [0, 0.1) is 0 Å². The highest BCUT2D eigenvalue weighted by Gasteiger charge is 2.18. The third-order valence-electron chi connectivity index (χ3n) is 5.41. The van der Waals surface area contributed by atoms with Crippen molar-refractivity contribution in [3.8, 4) is 5.69 Å². The first kappa shape index (κ1) is 16.6. The quantitative estimate of drug-likeness (QED) is 0.769. The zero-order valence-electron chi connectivity index (χ0n) is 14.6. The lowest BCUT2D eigenvalue weighted by atomic mass is 9.84. The normalized spacial score (nSPS) is 19.5. The van der Waals surface area contributed by atoms with E-state index in [2.05, 4.69) is 29.3 Å². The summed E-state index contributed by atoms with van der Waals surface area (Å²) in [6, 6.07) is 8.73. The second-order valence-corrected chi connectivity index (χ2v) is 7.94. The van der Waals surface area contributed by atoms with Crippen LogP contribution in [0.5, 0.6) is 0 Å². The lowest BCUT2D eigenvalue weighted by Gasteiger charge is -2.22. The van der Waals surface area contributed by atoms with Crippen LogP contribution in [0.2, 0.25) is 0 Å². The Balaban J connectivity index is 1.56. The Hall–Kier alpha value is -1.88. The van der Waals surface area contributed by atoms with Crippen LogP contribution in [0.15, 0.2) is 40.8 Å². The molecule has 0 spiro atoms. The van der Waals surface area contributed by atoms with Crippen LogP contribution in [-0.2, 0) is 0 Å². The van der Waals surface area contributed by atoms with Crippen molar-refractivity contribution in [2.24, 2.45) is 4.99 Å². The molecule has 4 nitrogen and oxygen atoms in total. The number of carbonyl (C=O) groups excluding carboxylic acids is 1. The van der Waals surface area contributed by atoms with E-state index in [0.717, 1.165) is 42.3 Å². The smallest absolute Gasteiger partial charge is 0.323 e. The molecular formula is C20H25N3OS. The first-order chi connectivity index (χ1) is 12.3. The predicted octanol–water partition coefficient (Wildman–Crippen LogP) is 4.70. The first-order valence-corrected chi connectivity index (χ1v) is 10.3. The van der Waals surface area contributed by atoms with E-state index in [-0.39, 0.29) is 6.03 Å². The molecule has 2 fully saturated rings. The van der Waals surface area contributed by atoms with Gasteiger partial charge in [0.25, 0.3) is 0 Å². The van der Waals surface area contributed by atoms with Crippen molar-refractivity contribution in [2.45, 2.75) is 50.9 Å². The zero-order valence-corrected chi connectivity index (χ0v) is 15.4. The standard InChI is InChI=1S/C20H25N3OS/c24-19(22-12-4-5-13-22)21-20-23(14-15-25-20)18-10-8-17(9-11-18)16-6-2-1-3-7-16/h8-11,14-16H,1-7,12-13H2. The molecule has 1 aliphatic heterocycles. The molecule has 5 heteroatoms. The number of hydrogen-bond donors (Lipinski definition) is 0. The molecular weight excluding hydrogens is 330 g/mol. The first-order valence-electron chi connectivity index (χ1n) is 9.41. The maximum atomic E-state index is 12.3. The van der Waals surface area contributed by atoms with Crippen LogP contribution >= 0.6 is 11.3 Å². The van der Waals surface area contributed by atoms with Crippen molar-refractivity contribution in [1.29, 1.82) is 0 Å². The highest BCUT2D eigenvalue weighted by Crippen LogP contribution is 2.32. The maximum Gasteiger partial charge on any atom is 0.346 e. The Kier molecular flexibility index (Phi) is 5.02. The Labute approximate surface area is 152 Å². The second kappa shape index (κ2) is 7.56. The van der Waals surface area contributed by atoms with Gasteiger partial charge in [-0.3, -0.25) is 4.57 Å². The Morgan fingerprint density at radius 1 is 1.00 bits per heavy atom. The van der Waals surface area contributed by atoms with Crippen LogP contribution < -0.4 is 4.80 Å². The van der Waals surface area contributed by atoms with Crippen molar-refractivity contribution < 1.29 is 4.79 Å². The molecule has 0 radical (unpaired) electrons. The molecule has 1 aromatic carbocycles. The minimum atomic E-state index is -0.104. The van der Waals surface area contributed by atoms with Crippen molar-refractivity contribution in [3.05, 3.63) is 46.2 Å². The van der Waals surface area contributed by atoms with Crippen LogP contribution in [0.4, 0.5) is 4.79 Å². The summed E-state index contributed by atoms with van der Waals surface area (Å²) < 4.78 is 2.02. The summed E-state index contributed by atoms with van der Waals surface area (Å²) in [6.45, 7) is 1.67. The van der Waals surface area contributed by atoms with E-state index in [1.807, 2.05) is 21.0 Å². The molecule has 0 N–H and O–H groups in total. The molecule has 4 rings (SSSR count). The van der Waals surface area contributed by atoms with Gasteiger partial charge in [0.05, 0.1) is 0 Å². The predicted molar refractivity (Wildman–Crippen MR) is 101 cm³/mol. The molecule has 0 atom stereocenters. The summed E-state index contributed by atoms with van der Waals surface area (Å²) in [6.07, 6.45) is 10.9. The van der Waals surface area contributed by atoms with Gasteiger partial charge in [0.1, 0.15) is 0 Å². The third-order valence-corrected chi connectivity index (χ3v) is 6.16. The summed E-state index contributed by atoms with van der Waals surface area (Å²) in [5.74, 6) is 0.719. The lowest BCUT2D eigenvalue weighted by molar-refractivity contribution is 0.218. The van der Waals surface area contributed by atoms with Gasteiger partial charge in [-0.15, -0.1) is 11.3 Å². The van der Waals surface area contributed by atoms with Gasteiger partial charge in [-0.1, -0.05) is 31.4 Å². The molecule has 0 bridgehead atoms. The number of hydrogen-bond acceptors (Lipinski definition) is 2. The number of likely N-dealkylation sites (tertiary alicyclic amines) is 1. The van der Waals surface area contributed by atoms with Gasteiger partial charge < -0.3 is 4.90 Å². The lowest BCUT2D eigenvalue weighted by Crippen LogP contribution is -2.27. The van der Waals surface area contributed by atoms with Gasteiger partial charge in [0.15, 0.2) is 4.80 Å². The molecule has 0 unspecified atom stereocenters.